The molecule has 0 saturated heterocycles. The molecule has 3 rings (SSSR count). The zero-order valence-corrected chi connectivity index (χ0v) is 18.3. The van der Waals surface area contributed by atoms with Gasteiger partial charge in [0.25, 0.3) is 0 Å². The van der Waals surface area contributed by atoms with E-state index in [-0.39, 0.29) is 36.6 Å². The van der Waals surface area contributed by atoms with Crippen molar-refractivity contribution in [3.63, 3.8) is 0 Å². The first-order chi connectivity index (χ1) is 14.9. The lowest BCUT2D eigenvalue weighted by Gasteiger charge is -2.35. The fourth-order valence-electron chi connectivity index (χ4n) is 3.81. The number of carbonyl (C=O) groups is 2. The van der Waals surface area contributed by atoms with Crippen LogP contribution in [0.5, 0.6) is 5.75 Å². The molecule has 166 valence electrons. The largest absolute Gasteiger partial charge is 0.483 e. The van der Waals surface area contributed by atoms with Gasteiger partial charge in [0.2, 0.25) is 11.8 Å². The van der Waals surface area contributed by atoms with Gasteiger partial charge in [0, 0.05) is 12.6 Å². The molecule has 1 amide bonds. The van der Waals surface area contributed by atoms with Gasteiger partial charge in [0.05, 0.1) is 37.8 Å². The van der Waals surface area contributed by atoms with E-state index in [0.717, 1.165) is 12.0 Å². The summed E-state index contributed by atoms with van der Waals surface area (Å²) in [4.78, 5) is 38.9. The maximum Gasteiger partial charge on any atom is 0.343 e. The molecule has 2 aromatic rings. The highest BCUT2D eigenvalue weighted by Gasteiger charge is 2.32. The van der Waals surface area contributed by atoms with Gasteiger partial charge in [0.1, 0.15) is 12.2 Å². The average molecular weight is 428 g/mol. The summed E-state index contributed by atoms with van der Waals surface area (Å²) in [6, 6.07) is 9.19. The Morgan fingerprint density at radius 3 is 2.65 bits per heavy atom. The van der Waals surface area contributed by atoms with Gasteiger partial charge in [-0.05, 0) is 26.3 Å². The number of aromatic nitrogens is 1. The average Bonchev–Trinajstić information content (AvgIpc) is 2.77. The quantitative estimate of drug-likeness (QED) is 0.474. The molecule has 0 aliphatic carbocycles. The minimum Gasteiger partial charge on any atom is -0.483 e. The first kappa shape index (κ1) is 22.6. The van der Waals surface area contributed by atoms with Crippen molar-refractivity contribution in [2.45, 2.75) is 46.1 Å². The van der Waals surface area contributed by atoms with Crippen molar-refractivity contribution < 1.29 is 23.8 Å². The van der Waals surface area contributed by atoms with Gasteiger partial charge in [-0.2, -0.15) is 0 Å². The Labute approximate surface area is 181 Å². The number of methoxy groups -OCH3 is 1. The molecule has 0 N–H and O–H groups in total. The Morgan fingerprint density at radius 1 is 1.32 bits per heavy atom. The van der Waals surface area contributed by atoms with Crippen molar-refractivity contribution in [1.82, 2.24) is 9.47 Å². The van der Waals surface area contributed by atoms with E-state index in [1.54, 1.807) is 11.8 Å². The van der Waals surface area contributed by atoms with Crippen molar-refractivity contribution in [3.05, 3.63) is 63.1 Å². The van der Waals surface area contributed by atoms with E-state index in [9.17, 15) is 14.4 Å². The van der Waals surface area contributed by atoms with Crippen LogP contribution < -0.4 is 10.2 Å². The number of nitrogens with zero attached hydrogens (tertiary/aromatic N) is 2. The second-order valence-electron chi connectivity index (χ2n) is 7.77. The fourth-order valence-corrected chi connectivity index (χ4v) is 3.81. The first-order valence-electron chi connectivity index (χ1n) is 10.2. The molecule has 1 aromatic carbocycles. The number of carbonyl (C=O) groups excluding carboxylic acids is 2. The molecule has 0 spiro atoms. The van der Waals surface area contributed by atoms with Crippen LogP contribution in [0.2, 0.25) is 0 Å². The number of benzene rings is 1. The Bertz CT molecular complexity index is 999. The Morgan fingerprint density at radius 2 is 2.03 bits per heavy atom. The van der Waals surface area contributed by atoms with E-state index < -0.39 is 11.4 Å². The highest BCUT2D eigenvalue weighted by atomic mass is 16.5. The molecule has 2 heterocycles. The summed E-state index contributed by atoms with van der Waals surface area (Å²) in [6.07, 6.45) is 0.796. The summed E-state index contributed by atoms with van der Waals surface area (Å²) >= 11 is 0. The van der Waals surface area contributed by atoms with E-state index in [2.05, 4.69) is 0 Å². The van der Waals surface area contributed by atoms with E-state index in [1.807, 2.05) is 48.7 Å². The van der Waals surface area contributed by atoms with Crippen LogP contribution in [-0.4, -0.2) is 48.1 Å². The molecule has 31 heavy (non-hydrogen) atoms. The van der Waals surface area contributed by atoms with Crippen molar-refractivity contribution in [3.8, 4) is 5.75 Å². The molecule has 1 aromatic heterocycles. The van der Waals surface area contributed by atoms with Crippen molar-refractivity contribution in [2.75, 3.05) is 20.3 Å². The van der Waals surface area contributed by atoms with Gasteiger partial charge in [-0.25, -0.2) is 4.79 Å². The third kappa shape index (κ3) is 4.64. The maximum absolute atomic E-state index is 13.2. The number of hydrogen-bond acceptors (Lipinski definition) is 6. The van der Waals surface area contributed by atoms with Crippen molar-refractivity contribution >= 4 is 12.4 Å². The molecule has 0 saturated carbocycles. The monoisotopic (exact) mass is 428 g/mol. The zero-order chi connectivity index (χ0) is 22.5. The number of ether oxygens (including phenoxy) is 3. The van der Waals surface area contributed by atoms with Gasteiger partial charge in [-0.3, -0.25) is 9.59 Å². The second-order valence-corrected chi connectivity index (χ2v) is 7.77. The molecule has 8 heteroatoms. The highest BCUT2D eigenvalue weighted by Crippen LogP contribution is 2.29. The smallest absolute Gasteiger partial charge is 0.343 e. The van der Waals surface area contributed by atoms with Crippen molar-refractivity contribution in [2.24, 2.45) is 0 Å². The normalized spacial score (nSPS) is 15.3. The second kappa shape index (κ2) is 9.78. The molecule has 0 fully saturated rings. The third-order valence-electron chi connectivity index (χ3n) is 5.45. The molecule has 1 aliphatic rings. The Kier molecular flexibility index (Phi) is 7.12. The predicted octanol–water partition coefficient (Wildman–Crippen LogP) is 2.46. The molecular weight excluding hydrogens is 400 g/mol. The van der Waals surface area contributed by atoms with Crippen molar-refractivity contribution in [1.29, 1.82) is 0 Å². The number of amides is 1. The number of hydrogen-bond donors (Lipinski definition) is 0. The van der Waals surface area contributed by atoms with E-state index in [1.165, 1.54) is 7.11 Å². The number of fused-ring (bicyclic) bond motifs is 1. The van der Waals surface area contributed by atoms with E-state index in [4.69, 9.17) is 14.2 Å². The minimum absolute atomic E-state index is 0.00329. The molecule has 1 atom stereocenters. The van der Waals surface area contributed by atoms with Crippen LogP contribution in [0.4, 0.5) is 0 Å². The standard InChI is InChI=1S/C23H28N2O6/c1-15(2)24(14-26)10-18-12-30-13-19-20(23(28)29-4)21(27)22(16(3)25(18)19)31-11-17-8-6-5-7-9-17/h5-9,14-15,18H,10-13H2,1-4H3. The third-order valence-corrected chi connectivity index (χ3v) is 5.45. The highest BCUT2D eigenvalue weighted by molar-refractivity contribution is 5.91. The zero-order valence-electron chi connectivity index (χ0n) is 18.3. The first-order valence-corrected chi connectivity index (χ1v) is 10.2. The summed E-state index contributed by atoms with van der Waals surface area (Å²) in [5.74, 6) is -0.638. The van der Waals surface area contributed by atoms with Crippen LogP contribution >= 0.6 is 0 Å². The number of esters is 1. The summed E-state index contributed by atoms with van der Waals surface area (Å²) in [6.45, 7) is 6.62. The van der Waals surface area contributed by atoms with Gasteiger partial charge in [0.15, 0.2) is 5.75 Å². The van der Waals surface area contributed by atoms with Gasteiger partial charge in [-0.15, -0.1) is 0 Å². The number of rotatable bonds is 8. The predicted molar refractivity (Wildman–Crippen MR) is 114 cm³/mol. The van der Waals surface area contributed by atoms with E-state index >= 15 is 0 Å². The Hall–Kier alpha value is -3.13. The summed E-state index contributed by atoms with van der Waals surface area (Å²) < 4.78 is 18.4. The SMILES string of the molecule is COC(=O)c1c2n(c(C)c(OCc3ccccc3)c1=O)C(CN(C=O)C(C)C)COC2. The number of pyridine rings is 1. The minimum atomic E-state index is -0.737. The van der Waals surface area contributed by atoms with Crippen LogP contribution in [0.15, 0.2) is 35.1 Å². The van der Waals surface area contributed by atoms with Crippen LogP contribution in [0.1, 0.15) is 47.2 Å². The fraction of sp³-hybridized carbons (Fsp3) is 0.435. The summed E-state index contributed by atoms with van der Waals surface area (Å²) in [7, 11) is 1.23. The van der Waals surface area contributed by atoms with Gasteiger partial charge >= 0.3 is 5.97 Å². The molecular formula is C23H28N2O6. The van der Waals surface area contributed by atoms with E-state index in [0.29, 0.717) is 24.5 Å². The van der Waals surface area contributed by atoms with Crippen LogP contribution in [0.25, 0.3) is 0 Å². The van der Waals surface area contributed by atoms with Crippen LogP contribution in [-0.2, 0) is 27.5 Å². The molecule has 0 bridgehead atoms. The molecule has 1 aliphatic heterocycles. The Balaban J connectivity index is 2.10. The maximum atomic E-state index is 13.2. The lowest BCUT2D eigenvalue weighted by molar-refractivity contribution is -0.120. The summed E-state index contributed by atoms with van der Waals surface area (Å²) in [5, 5.41) is 0. The molecule has 0 radical (unpaired) electrons. The van der Waals surface area contributed by atoms with Gasteiger partial charge < -0.3 is 23.7 Å². The topological polar surface area (TPSA) is 87.1 Å². The van der Waals surface area contributed by atoms with Crippen LogP contribution in [0.3, 0.4) is 0 Å². The molecule has 1 unspecified atom stereocenters. The van der Waals surface area contributed by atoms with Gasteiger partial charge in [-0.1, -0.05) is 30.3 Å². The lowest BCUT2D eigenvalue weighted by Crippen LogP contribution is -2.41. The molecule has 8 nitrogen and oxygen atoms in total. The summed E-state index contributed by atoms with van der Waals surface area (Å²) in [5.41, 5.74) is 1.31. The lowest BCUT2D eigenvalue weighted by atomic mass is 10.1. The van der Waals surface area contributed by atoms with Crippen LogP contribution in [0, 0.1) is 6.92 Å².